The number of morpholine rings is 1. The summed E-state index contributed by atoms with van der Waals surface area (Å²) in [6.45, 7) is 4.55. The quantitative estimate of drug-likeness (QED) is 0.720. The molecule has 26 heavy (non-hydrogen) atoms. The highest BCUT2D eigenvalue weighted by atomic mass is 35.5. The van der Waals surface area contributed by atoms with Crippen LogP contribution in [0, 0.1) is 0 Å². The van der Waals surface area contributed by atoms with Gasteiger partial charge in [-0.25, -0.2) is 0 Å². The Balaban J connectivity index is 0.00000243. The second kappa shape index (κ2) is 11.0. The van der Waals surface area contributed by atoms with Crippen LogP contribution < -0.4 is 9.47 Å². The number of hydrogen-bond donors (Lipinski definition) is 0. The molecule has 0 amide bonds. The van der Waals surface area contributed by atoms with Gasteiger partial charge in [-0.3, -0.25) is 4.90 Å². The van der Waals surface area contributed by atoms with E-state index in [9.17, 15) is 0 Å². The van der Waals surface area contributed by atoms with Gasteiger partial charge in [-0.15, -0.1) is 12.4 Å². The first-order valence-corrected chi connectivity index (χ1v) is 9.46. The molecule has 2 unspecified atom stereocenters. The molecule has 0 aromatic heterocycles. The third kappa shape index (κ3) is 5.49. The highest BCUT2D eigenvalue weighted by Crippen LogP contribution is 2.29. The van der Waals surface area contributed by atoms with E-state index in [0.717, 1.165) is 50.8 Å². The second-order valence-corrected chi connectivity index (χ2v) is 6.85. The molecule has 1 aliphatic carbocycles. The molecular weight excluding hydrogens is 354 g/mol. The molecule has 2 atom stereocenters. The SMILES string of the molecule is COc1ccc(CCOC2CCCCC2N2CCOCC2)cc1OC.Cl. The number of rotatable bonds is 7. The average Bonchev–Trinajstić information content (AvgIpc) is 2.69. The molecule has 1 aromatic carbocycles. The zero-order valence-electron chi connectivity index (χ0n) is 15.9. The van der Waals surface area contributed by atoms with Gasteiger partial charge in [-0.1, -0.05) is 18.9 Å². The Morgan fingerprint density at radius 2 is 1.77 bits per heavy atom. The molecule has 1 saturated carbocycles. The standard InChI is InChI=1S/C20H31NO4.ClH/c1-22-19-8-7-16(15-20(19)23-2)9-12-25-18-6-4-3-5-17(18)21-10-13-24-14-11-21;/h7-8,15,17-18H,3-6,9-14H2,1-2H3;1H. The molecule has 0 N–H and O–H groups in total. The highest BCUT2D eigenvalue weighted by molar-refractivity contribution is 5.85. The minimum Gasteiger partial charge on any atom is -0.493 e. The maximum atomic E-state index is 6.33. The van der Waals surface area contributed by atoms with Crippen molar-refractivity contribution >= 4 is 12.4 Å². The van der Waals surface area contributed by atoms with Gasteiger partial charge >= 0.3 is 0 Å². The zero-order valence-corrected chi connectivity index (χ0v) is 16.8. The maximum Gasteiger partial charge on any atom is 0.160 e. The van der Waals surface area contributed by atoms with Crippen LogP contribution in [0.4, 0.5) is 0 Å². The fourth-order valence-corrected chi connectivity index (χ4v) is 3.96. The van der Waals surface area contributed by atoms with Crippen molar-refractivity contribution in [2.75, 3.05) is 47.1 Å². The first kappa shape index (κ1) is 21.3. The fraction of sp³-hybridized carbons (Fsp3) is 0.700. The fourth-order valence-electron chi connectivity index (χ4n) is 3.96. The molecule has 1 saturated heterocycles. The van der Waals surface area contributed by atoms with Crippen molar-refractivity contribution in [3.63, 3.8) is 0 Å². The summed E-state index contributed by atoms with van der Waals surface area (Å²) in [6, 6.07) is 6.65. The van der Waals surface area contributed by atoms with E-state index in [-0.39, 0.29) is 12.4 Å². The third-order valence-corrected chi connectivity index (χ3v) is 5.35. The minimum atomic E-state index is 0. The van der Waals surface area contributed by atoms with E-state index in [2.05, 4.69) is 11.0 Å². The Labute approximate surface area is 163 Å². The first-order valence-electron chi connectivity index (χ1n) is 9.46. The van der Waals surface area contributed by atoms with Crippen molar-refractivity contribution in [2.45, 2.75) is 44.2 Å². The molecule has 0 bridgehead atoms. The maximum absolute atomic E-state index is 6.33. The van der Waals surface area contributed by atoms with Crippen LogP contribution in [0.2, 0.25) is 0 Å². The number of nitrogens with zero attached hydrogens (tertiary/aromatic N) is 1. The molecule has 148 valence electrons. The Hall–Kier alpha value is -1.01. The topological polar surface area (TPSA) is 40.2 Å². The summed E-state index contributed by atoms with van der Waals surface area (Å²) in [6.07, 6.45) is 6.27. The normalized spacial score (nSPS) is 23.9. The van der Waals surface area contributed by atoms with E-state index in [0.29, 0.717) is 12.1 Å². The summed E-state index contributed by atoms with van der Waals surface area (Å²) >= 11 is 0. The molecule has 0 spiro atoms. The molecule has 0 radical (unpaired) electrons. The van der Waals surface area contributed by atoms with Crippen molar-refractivity contribution in [3.8, 4) is 11.5 Å². The number of benzene rings is 1. The molecule has 6 heteroatoms. The Morgan fingerprint density at radius 1 is 1.04 bits per heavy atom. The smallest absolute Gasteiger partial charge is 0.160 e. The van der Waals surface area contributed by atoms with E-state index in [1.165, 1.54) is 31.2 Å². The predicted octanol–water partition coefficient (Wildman–Crippen LogP) is 3.33. The molecule has 1 heterocycles. The molecule has 2 aliphatic rings. The molecule has 3 rings (SSSR count). The summed E-state index contributed by atoms with van der Waals surface area (Å²) in [4.78, 5) is 2.57. The van der Waals surface area contributed by atoms with Gasteiger partial charge in [0.2, 0.25) is 0 Å². The molecule has 1 aromatic rings. The highest BCUT2D eigenvalue weighted by Gasteiger charge is 2.31. The molecule has 5 nitrogen and oxygen atoms in total. The van der Waals surface area contributed by atoms with Crippen LogP contribution in [0.3, 0.4) is 0 Å². The first-order chi connectivity index (χ1) is 12.3. The summed E-state index contributed by atoms with van der Waals surface area (Å²) in [5.74, 6) is 1.55. The largest absolute Gasteiger partial charge is 0.493 e. The monoisotopic (exact) mass is 385 g/mol. The van der Waals surface area contributed by atoms with Crippen LogP contribution >= 0.6 is 12.4 Å². The predicted molar refractivity (Wildman–Crippen MR) is 105 cm³/mol. The van der Waals surface area contributed by atoms with E-state index < -0.39 is 0 Å². The van der Waals surface area contributed by atoms with Crippen LogP contribution in [0.15, 0.2) is 18.2 Å². The van der Waals surface area contributed by atoms with Gasteiger partial charge in [0, 0.05) is 19.1 Å². The number of hydrogen-bond acceptors (Lipinski definition) is 5. The van der Waals surface area contributed by atoms with E-state index in [4.69, 9.17) is 18.9 Å². The van der Waals surface area contributed by atoms with E-state index in [1.807, 2.05) is 12.1 Å². The van der Waals surface area contributed by atoms with Gasteiger partial charge in [0.1, 0.15) is 0 Å². The Kier molecular flexibility index (Phi) is 8.99. The minimum absolute atomic E-state index is 0. The van der Waals surface area contributed by atoms with Gasteiger partial charge in [0.15, 0.2) is 11.5 Å². The van der Waals surface area contributed by atoms with Crippen molar-refractivity contribution in [1.29, 1.82) is 0 Å². The van der Waals surface area contributed by atoms with Crippen molar-refractivity contribution < 1.29 is 18.9 Å². The number of halogens is 1. The summed E-state index contributed by atoms with van der Waals surface area (Å²) < 4.78 is 22.5. The van der Waals surface area contributed by atoms with Gasteiger partial charge in [-0.2, -0.15) is 0 Å². The van der Waals surface area contributed by atoms with Crippen LogP contribution in [0.1, 0.15) is 31.2 Å². The van der Waals surface area contributed by atoms with Gasteiger partial charge in [0.25, 0.3) is 0 Å². The van der Waals surface area contributed by atoms with Crippen LogP contribution in [-0.4, -0.2) is 64.2 Å². The van der Waals surface area contributed by atoms with Crippen LogP contribution in [0.5, 0.6) is 11.5 Å². The summed E-state index contributed by atoms with van der Waals surface area (Å²) in [5, 5.41) is 0. The lowest BCUT2D eigenvalue weighted by Crippen LogP contribution is -2.51. The molecule has 1 aliphatic heterocycles. The number of ether oxygens (including phenoxy) is 4. The lowest BCUT2D eigenvalue weighted by atomic mass is 9.91. The van der Waals surface area contributed by atoms with Crippen molar-refractivity contribution in [2.24, 2.45) is 0 Å². The van der Waals surface area contributed by atoms with Crippen molar-refractivity contribution in [1.82, 2.24) is 4.90 Å². The molecular formula is C20H32ClNO4. The van der Waals surface area contributed by atoms with Gasteiger partial charge < -0.3 is 18.9 Å². The summed E-state index contributed by atoms with van der Waals surface area (Å²) in [5.41, 5.74) is 1.22. The Bertz CT molecular complexity index is 537. The molecule has 2 fully saturated rings. The van der Waals surface area contributed by atoms with Gasteiger partial charge in [0.05, 0.1) is 40.1 Å². The van der Waals surface area contributed by atoms with Crippen LogP contribution in [0.25, 0.3) is 0 Å². The summed E-state index contributed by atoms with van der Waals surface area (Å²) in [7, 11) is 3.34. The Morgan fingerprint density at radius 3 is 2.50 bits per heavy atom. The van der Waals surface area contributed by atoms with Crippen LogP contribution in [-0.2, 0) is 15.9 Å². The second-order valence-electron chi connectivity index (χ2n) is 6.85. The lowest BCUT2D eigenvalue weighted by Gasteiger charge is -2.41. The van der Waals surface area contributed by atoms with E-state index in [1.54, 1.807) is 14.2 Å². The zero-order chi connectivity index (χ0) is 17.5. The third-order valence-electron chi connectivity index (χ3n) is 5.35. The average molecular weight is 386 g/mol. The lowest BCUT2D eigenvalue weighted by molar-refractivity contribution is -0.0647. The van der Waals surface area contributed by atoms with Crippen molar-refractivity contribution in [3.05, 3.63) is 23.8 Å². The van der Waals surface area contributed by atoms with Gasteiger partial charge in [-0.05, 0) is 37.0 Å². The van der Waals surface area contributed by atoms with E-state index >= 15 is 0 Å². The number of methoxy groups -OCH3 is 2.